The first-order chi connectivity index (χ1) is 4.75. The molecule has 54 valence electrons. The molecule has 0 spiro atoms. The second-order valence-corrected chi connectivity index (χ2v) is 2.47. The zero-order valence-corrected chi connectivity index (χ0v) is 6.31. The van der Waals surface area contributed by atoms with Crippen LogP contribution >= 0.6 is 12.6 Å². The number of nitrogens with two attached hydrogens (primary N) is 1. The minimum Gasteiger partial charge on any atom is -0.506 e. The minimum absolute atomic E-state index is 0.188. The lowest BCUT2D eigenvalue weighted by Crippen LogP contribution is -1.96. The quantitative estimate of drug-likeness (QED) is 0.532. The van der Waals surface area contributed by atoms with Crippen LogP contribution in [0.15, 0.2) is 23.1 Å². The number of hydrogen-bond donors (Lipinski definition) is 3. The van der Waals surface area contributed by atoms with Crippen molar-refractivity contribution in [2.75, 3.05) is 0 Å². The summed E-state index contributed by atoms with van der Waals surface area (Å²) in [5.41, 5.74) is 6.05. The Kier molecular flexibility index (Phi) is 2.19. The number of para-hydroxylation sites is 1. The van der Waals surface area contributed by atoms with Gasteiger partial charge in [-0.2, -0.15) is 0 Å². The van der Waals surface area contributed by atoms with Crippen LogP contribution in [-0.4, -0.2) is 5.11 Å². The number of benzene rings is 1. The van der Waals surface area contributed by atoms with E-state index in [1.807, 2.05) is 6.07 Å². The monoisotopic (exact) mass is 155 g/mol. The zero-order chi connectivity index (χ0) is 7.56. The summed E-state index contributed by atoms with van der Waals surface area (Å²) in [6.45, 7) is 0.347. The Hall–Kier alpha value is -0.670. The van der Waals surface area contributed by atoms with Gasteiger partial charge in [0.1, 0.15) is 5.75 Å². The maximum atomic E-state index is 9.24. The maximum Gasteiger partial charge on any atom is 0.133 e. The van der Waals surface area contributed by atoms with Gasteiger partial charge < -0.3 is 10.8 Å². The van der Waals surface area contributed by atoms with E-state index in [2.05, 4.69) is 12.6 Å². The molecular weight excluding hydrogens is 146 g/mol. The molecule has 0 atom stereocenters. The van der Waals surface area contributed by atoms with E-state index in [1.165, 1.54) is 0 Å². The average Bonchev–Trinajstić information content (AvgIpc) is 1.95. The van der Waals surface area contributed by atoms with Crippen LogP contribution in [0.3, 0.4) is 0 Å². The molecular formula is C7H9NOS. The van der Waals surface area contributed by atoms with E-state index < -0.39 is 0 Å². The summed E-state index contributed by atoms with van der Waals surface area (Å²) in [4.78, 5) is 0.572. The Labute approximate surface area is 65.1 Å². The number of hydrogen-bond acceptors (Lipinski definition) is 3. The lowest BCUT2D eigenvalue weighted by molar-refractivity contribution is 0.455. The predicted molar refractivity (Wildman–Crippen MR) is 43.3 cm³/mol. The van der Waals surface area contributed by atoms with Gasteiger partial charge >= 0.3 is 0 Å². The van der Waals surface area contributed by atoms with Crippen LogP contribution < -0.4 is 5.73 Å². The molecule has 0 fully saturated rings. The molecule has 0 aliphatic rings. The van der Waals surface area contributed by atoms with Gasteiger partial charge in [-0.05, 0) is 6.07 Å². The highest BCUT2D eigenvalue weighted by atomic mass is 32.1. The maximum absolute atomic E-state index is 9.24. The number of thiol groups is 1. The second-order valence-electron chi connectivity index (χ2n) is 1.99. The average molecular weight is 155 g/mol. The van der Waals surface area contributed by atoms with Gasteiger partial charge in [0.2, 0.25) is 0 Å². The third-order valence-corrected chi connectivity index (χ3v) is 1.68. The molecule has 1 aromatic rings. The summed E-state index contributed by atoms with van der Waals surface area (Å²) in [6, 6.07) is 5.30. The first kappa shape index (κ1) is 7.44. The fourth-order valence-electron chi connectivity index (χ4n) is 0.742. The molecule has 0 heterocycles. The van der Waals surface area contributed by atoms with Crippen molar-refractivity contribution < 1.29 is 5.11 Å². The van der Waals surface area contributed by atoms with E-state index in [-0.39, 0.29) is 5.75 Å². The topological polar surface area (TPSA) is 46.2 Å². The molecule has 0 saturated carbocycles. The van der Waals surface area contributed by atoms with E-state index >= 15 is 0 Å². The van der Waals surface area contributed by atoms with E-state index in [1.54, 1.807) is 12.1 Å². The van der Waals surface area contributed by atoms with Crippen LogP contribution in [0.5, 0.6) is 5.75 Å². The molecule has 0 aromatic heterocycles. The molecule has 3 heteroatoms. The summed E-state index contributed by atoms with van der Waals surface area (Å²) in [5, 5.41) is 9.24. The van der Waals surface area contributed by atoms with Gasteiger partial charge in [-0.3, -0.25) is 0 Å². The summed E-state index contributed by atoms with van der Waals surface area (Å²) in [7, 11) is 0. The van der Waals surface area contributed by atoms with Gasteiger partial charge in [-0.15, -0.1) is 12.6 Å². The fourth-order valence-corrected chi connectivity index (χ4v) is 0.972. The van der Waals surface area contributed by atoms with Crippen LogP contribution in [-0.2, 0) is 6.54 Å². The SMILES string of the molecule is NCc1cccc(S)c1O. The molecule has 0 saturated heterocycles. The van der Waals surface area contributed by atoms with Gasteiger partial charge in [0.15, 0.2) is 0 Å². The molecule has 2 nitrogen and oxygen atoms in total. The third kappa shape index (κ3) is 1.25. The Morgan fingerprint density at radius 2 is 2.20 bits per heavy atom. The van der Waals surface area contributed by atoms with E-state index in [0.717, 1.165) is 5.56 Å². The normalized spacial score (nSPS) is 9.80. The Bertz CT molecular complexity index is 237. The van der Waals surface area contributed by atoms with Crippen molar-refractivity contribution in [1.82, 2.24) is 0 Å². The second kappa shape index (κ2) is 2.94. The van der Waals surface area contributed by atoms with Gasteiger partial charge in [0, 0.05) is 17.0 Å². The van der Waals surface area contributed by atoms with Crippen molar-refractivity contribution in [1.29, 1.82) is 0 Å². The fraction of sp³-hybridized carbons (Fsp3) is 0.143. The van der Waals surface area contributed by atoms with Crippen LogP contribution in [0.1, 0.15) is 5.56 Å². The Balaban J connectivity index is 3.14. The van der Waals surface area contributed by atoms with Gasteiger partial charge in [0.25, 0.3) is 0 Å². The lowest BCUT2D eigenvalue weighted by atomic mass is 10.2. The smallest absolute Gasteiger partial charge is 0.133 e. The molecule has 0 aliphatic carbocycles. The summed E-state index contributed by atoms with van der Waals surface area (Å²) < 4.78 is 0. The van der Waals surface area contributed by atoms with E-state index in [4.69, 9.17) is 5.73 Å². The predicted octanol–water partition coefficient (Wildman–Crippen LogP) is 1.14. The standard InChI is InChI=1S/C7H9NOS/c8-4-5-2-1-3-6(10)7(5)9/h1-3,9-10H,4,8H2. The lowest BCUT2D eigenvalue weighted by Gasteiger charge is -2.01. The van der Waals surface area contributed by atoms with E-state index in [0.29, 0.717) is 11.4 Å². The number of phenolic OH excluding ortho intramolecular Hbond substituents is 1. The van der Waals surface area contributed by atoms with Crippen LogP contribution in [0.25, 0.3) is 0 Å². The number of aromatic hydroxyl groups is 1. The summed E-state index contributed by atoms with van der Waals surface area (Å²) in [5.74, 6) is 0.188. The first-order valence-electron chi connectivity index (χ1n) is 2.95. The van der Waals surface area contributed by atoms with Crippen LogP contribution in [0.4, 0.5) is 0 Å². The van der Waals surface area contributed by atoms with Crippen molar-refractivity contribution in [3.05, 3.63) is 23.8 Å². The van der Waals surface area contributed by atoms with Gasteiger partial charge in [-0.1, -0.05) is 12.1 Å². The molecule has 3 N–H and O–H groups in total. The molecule has 0 amide bonds. The molecule has 1 aromatic carbocycles. The molecule has 0 radical (unpaired) electrons. The highest BCUT2D eigenvalue weighted by Crippen LogP contribution is 2.24. The van der Waals surface area contributed by atoms with Crippen LogP contribution in [0.2, 0.25) is 0 Å². The van der Waals surface area contributed by atoms with Crippen molar-refractivity contribution in [2.45, 2.75) is 11.4 Å². The Morgan fingerprint density at radius 3 is 2.70 bits per heavy atom. The van der Waals surface area contributed by atoms with Crippen molar-refractivity contribution in [2.24, 2.45) is 5.73 Å². The van der Waals surface area contributed by atoms with Crippen LogP contribution in [0, 0.1) is 0 Å². The van der Waals surface area contributed by atoms with Gasteiger partial charge in [0.05, 0.1) is 0 Å². The summed E-state index contributed by atoms with van der Waals surface area (Å²) in [6.07, 6.45) is 0. The summed E-state index contributed by atoms with van der Waals surface area (Å²) >= 11 is 4.02. The molecule has 10 heavy (non-hydrogen) atoms. The highest BCUT2D eigenvalue weighted by Gasteiger charge is 1.99. The Morgan fingerprint density at radius 1 is 1.50 bits per heavy atom. The van der Waals surface area contributed by atoms with E-state index in [9.17, 15) is 5.11 Å². The molecule has 0 unspecified atom stereocenters. The number of rotatable bonds is 1. The molecule has 0 aliphatic heterocycles. The van der Waals surface area contributed by atoms with Crippen molar-refractivity contribution in [3.8, 4) is 5.75 Å². The number of phenols is 1. The highest BCUT2D eigenvalue weighted by molar-refractivity contribution is 7.80. The third-order valence-electron chi connectivity index (χ3n) is 1.32. The van der Waals surface area contributed by atoms with Crippen molar-refractivity contribution in [3.63, 3.8) is 0 Å². The molecule has 0 bridgehead atoms. The zero-order valence-electron chi connectivity index (χ0n) is 5.41. The largest absolute Gasteiger partial charge is 0.506 e. The minimum atomic E-state index is 0.188. The molecule has 1 rings (SSSR count). The van der Waals surface area contributed by atoms with Crippen molar-refractivity contribution >= 4 is 12.6 Å². The van der Waals surface area contributed by atoms with Gasteiger partial charge in [-0.25, -0.2) is 0 Å². The first-order valence-corrected chi connectivity index (χ1v) is 3.40.